The van der Waals surface area contributed by atoms with Gasteiger partial charge in [-0.05, 0) is 68.3 Å². The van der Waals surface area contributed by atoms with Gasteiger partial charge in [-0.15, -0.1) is 0 Å². The van der Waals surface area contributed by atoms with Gasteiger partial charge < -0.3 is 10.4 Å². The first kappa shape index (κ1) is 19.9. The first-order valence-electron chi connectivity index (χ1n) is 8.13. The molecule has 0 unspecified atom stereocenters. The quantitative estimate of drug-likeness (QED) is 0.274. The van der Waals surface area contributed by atoms with E-state index < -0.39 is 0 Å². The highest BCUT2D eigenvalue weighted by Gasteiger charge is 2.15. The van der Waals surface area contributed by atoms with Crippen molar-refractivity contribution in [3.63, 3.8) is 0 Å². The van der Waals surface area contributed by atoms with Gasteiger partial charge in [0.25, 0.3) is 0 Å². The lowest BCUT2D eigenvalue weighted by Crippen LogP contribution is -2.03. The van der Waals surface area contributed by atoms with Crippen molar-refractivity contribution < 1.29 is 5.11 Å². The zero-order valence-electron chi connectivity index (χ0n) is 14.1. The molecule has 0 saturated heterocycles. The van der Waals surface area contributed by atoms with Crippen LogP contribution in [-0.2, 0) is 6.61 Å². The molecule has 0 aliphatic carbocycles. The van der Waals surface area contributed by atoms with Crippen LogP contribution >= 0.6 is 61.7 Å². The number of benzene rings is 2. The molecule has 28 heavy (non-hydrogen) atoms. The standard InChI is InChI=1S/C19H12BrCl2IN4O/c20-13-8-24-27-17(25-11-4-5-15(23)10(6-11)9-28)7-16(26-19(13)27)12-2-1-3-14(21)18(12)22/h1-8,25,28H,9H2. The van der Waals surface area contributed by atoms with E-state index in [9.17, 15) is 5.11 Å². The molecule has 0 atom stereocenters. The molecule has 2 aromatic heterocycles. The number of anilines is 2. The SMILES string of the molecule is OCc1cc(Nc2cc(-c3cccc(Cl)c3Cl)nc3c(Br)cnn23)ccc1I. The molecule has 2 aromatic carbocycles. The van der Waals surface area contributed by atoms with E-state index in [1.807, 2.05) is 36.4 Å². The molecule has 0 amide bonds. The number of rotatable bonds is 4. The van der Waals surface area contributed by atoms with E-state index in [0.29, 0.717) is 27.2 Å². The third-order valence-corrected chi connectivity index (χ3v) is 6.58. The fraction of sp³-hybridized carbons (Fsp3) is 0.0526. The maximum Gasteiger partial charge on any atom is 0.172 e. The molecule has 9 heteroatoms. The molecule has 0 bridgehead atoms. The molecule has 4 rings (SSSR count). The number of aromatic nitrogens is 3. The zero-order valence-corrected chi connectivity index (χ0v) is 19.4. The summed E-state index contributed by atoms with van der Waals surface area (Å²) < 4.78 is 3.45. The van der Waals surface area contributed by atoms with Gasteiger partial charge in [-0.2, -0.15) is 9.61 Å². The van der Waals surface area contributed by atoms with Crippen molar-refractivity contribution in [1.29, 1.82) is 0 Å². The fourth-order valence-corrected chi connectivity index (χ4v) is 4.04. The number of hydrogen-bond acceptors (Lipinski definition) is 4. The highest BCUT2D eigenvalue weighted by Crippen LogP contribution is 2.35. The molecule has 0 aliphatic heterocycles. The van der Waals surface area contributed by atoms with E-state index in [0.717, 1.165) is 24.9 Å². The van der Waals surface area contributed by atoms with Crippen LogP contribution in [0.5, 0.6) is 0 Å². The van der Waals surface area contributed by atoms with Gasteiger partial charge in [0.15, 0.2) is 5.65 Å². The summed E-state index contributed by atoms with van der Waals surface area (Å²) in [5.74, 6) is 0.701. The Balaban J connectivity index is 1.87. The van der Waals surface area contributed by atoms with E-state index in [-0.39, 0.29) is 6.61 Å². The minimum Gasteiger partial charge on any atom is -0.392 e. The molecular weight excluding hydrogens is 578 g/mol. The Labute approximate surface area is 193 Å². The molecule has 142 valence electrons. The minimum absolute atomic E-state index is 0.0315. The highest BCUT2D eigenvalue weighted by molar-refractivity contribution is 14.1. The average Bonchev–Trinajstić information content (AvgIpc) is 3.06. The molecule has 0 fully saturated rings. The summed E-state index contributed by atoms with van der Waals surface area (Å²) in [6.45, 7) is -0.0315. The summed E-state index contributed by atoms with van der Waals surface area (Å²) >= 11 is 18.3. The van der Waals surface area contributed by atoms with Crippen LogP contribution in [0.25, 0.3) is 16.9 Å². The van der Waals surface area contributed by atoms with Crippen LogP contribution in [-0.4, -0.2) is 19.7 Å². The van der Waals surface area contributed by atoms with E-state index in [4.69, 9.17) is 23.2 Å². The molecule has 2 heterocycles. The lowest BCUT2D eigenvalue weighted by atomic mass is 10.1. The van der Waals surface area contributed by atoms with Crippen LogP contribution in [0.1, 0.15) is 5.56 Å². The summed E-state index contributed by atoms with van der Waals surface area (Å²) in [6.07, 6.45) is 1.68. The van der Waals surface area contributed by atoms with Gasteiger partial charge in [0.2, 0.25) is 0 Å². The number of aliphatic hydroxyl groups is 1. The van der Waals surface area contributed by atoms with Gasteiger partial charge >= 0.3 is 0 Å². The second kappa shape index (κ2) is 8.16. The van der Waals surface area contributed by atoms with Gasteiger partial charge in [-0.3, -0.25) is 0 Å². The summed E-state index contributed by atoms with van der Waals surface area (Å²) in [4.78, 5) is 4.69. The summed E-state index contributed by atoms with van der Waals surface area (Å²) in [5, 5.41) is 18.2. The van der Waals surface area contributed by atoms with Crippen LogP contribution in [0, 0.1) is 3.57 Å². The Morgan fingerprint density at radius 1 is 1.18 bits per heavy atom. The lowest BCUT2D eigenvalue weighted by Gasteiger charge is -2.13. The van der Waals surface area contributed by atoms with E-state index in [1.165, 1.54) is 0 Å². The predicted molar refractivity (Wildman–Crippen MR) is 125 cm³/mol. The minimum atomic E-state index is -0.0315. The molecule has 0 saturated carbocycles. The van der Waals surface area contributed by atoms with Crippen molar-refractivity contribution in [3.8, 4) is 11.3 Å². The molecule has 4 aromatic rings. The first-order chi connectivity index (χ1) is 13.5. The predicted octanol–water partition coefficient (Wildman–Crippen LogP) is 6.31. The van der Waals surface area contributed by atoms with Gasteiger partial charge in [0.1, 0.15) is 5.82 Å². The van der Waals surface area contributed by atoms with E-state index >= 15 is 0 Å². The number of fused-ring (bicyclic) bond motifs is 1. The Hall–Kier alpha value is -1.39. The molecule has 0 aliphatic rings. The normalized spacial score (nSPS) is 11.2. The molecule has 5 nitrogen and oxygen atoms in total. The van der Waals surface area contributed by atoms with E-state index in [1.54, 1.807) is 16.8 Å². The molecular formula is C19H12BrCl2IN4O. The smallest absolute Gasteiger partial charge is 0.172 e. The Kier molecular flexibility index (Phi) is 5.80. The second-order valence-electron chi connectivity index (χ2n) is 5.95. The largest absolute Gasteiger partial charge is 0.392 e. The van der Waals surface area contributed by atoms with Crippen LogP contribution in [0.3, 0.4) is 0 Å². The zero-order chi connectivity index (χ0) is 19.8. The Morgan fingerprint density at radius 3 is 2.79 bits per heavy atom. The third kappa shape index (κ3) is 3.73. The van der Waals surface area contributed by atoms with Gasteiger partial charge in [-0.25, -0.2) is 4.98 Å². The molecule has 0 spiro atoms. The number of nitrogens with one attached hydrogen (secondary N) is 1. The number of halogens is 4. The van der Waals surface area contributed by atoms with Crippen LogP contribution in [0.4, 0.5) is 11.5 Å². The number of aliphatic hydroxyl groups excluding tert-OH is 1. The average molecular weight is 590 g/mol. The van der Waals surface area contributed by atoms with Crippen LogP contribution in [0.15, 0.2) is 53.1 Å². The van der Waals surface area contributed by atoms with Crippen molar-refractivity contribution in [1.82, 2.24) is 14.6 Å². The maximum atomic E-state index is 9.54. The maximum absolute atomic E-state index is 9.54. The first-order valence-corrected chi connectivity index (χ1v) is 10.8. The van der Waals surface area contributed by atoms with Gasteiger partial charge in [-0.1, -0.05) is 35.3 Å². The Morgan fingerprint density at radius 2 is 2.00 bits per heavy atom. The van der Waals surface area contributed by atoms with Crippen molar-refractivity contribution in [2.24, 2.45) is 0 Å². The summed E-state index contributed by atoms with van der Waals surface area (Å²) in [7, 11) is 0. The molecule has 2 N–H and O–H groups in total. The summed E-state index contributed by atoms with van der Waals surface area (Å²) in [6, 6.07) is 13.1. The van der Waals surface area contributed by atoms with Crippen molar-refractivity contribution in [2.75, 3.05) is 5.32 Å². The van der Waals surface area contributed by atoms with Gasteiger partial charge in [0, 0.05) is 20.9 Å². The fourth-order valence-electron chi connectivity index (χ4n) is 2.79. The lowest BCUT2D eigenvalue weighted by molar-refractivity contribution is 0.281. The summed E-state index contributed by atoms with van der Waals surface area (Å²) in [5.41, 5.74) is 3.70. The van der Waals surface area contributed by atoms with Crippen LogP contribution in [0.2, 0.25) is 10.0 Å². The van der Waals surface area contributed by atoms with E-state index in [2.05, 4.69) is 53.9 Å². The molecule has 0 radical (unpaired) electrons. The van der Waals surface area contributed by atoms with Gasteiger partial charge in [0.05, 0.1) is 33.0 Å². The second-order valence-corrected chi connectivity index (χ2v) is 8.75. The van der Waals surface area contributed by atoms with Crippen LogP contribution < -0.4 is 5.32 Å². The number of hydrogen-bond donors (Lipinski definition) is 2. The van der Waals surface area contributed by atoms with Crippen molar-refractivity contribution in [3.05, 3.63) is 72.3 Å². The highest BCUT2D eigenvalue weighted by atomic mass is 127. The third-order valence-electron chi connectivity index (χ3n) is 4.14. The van der Waals surface area contributed by atoms with Crippen molar-refractivity contribution >= 4 is 78.9 Å². The van der Waals surface area contributed by atoms with Crippen molar-refractivity contribution in [2.45, 2.75) is 6.61 Å². The monoisotopic (exact) mass is 588 g/mol. The topological polar surface area (TPSA) is 62.5 Å². The number of nitrogens with zero attached hydrogens (tertiary/aromatic N) is 3. The Bertz CT molecular complexity index is 1200.